The highest BCUT2D eigenvalue weighted by Gasteiger charge is 2.46. The minimum absolute atomic E-state index is 0.583. The topological polar surface area (TPSA) is 41.6 Å². The number of methoxy groups -OCH3 is 1. The van der Waals surface area contributed by atoms with E-state index in [0.29, 0.717) is 11.4 Å². The number of alkyl halides is 3. The summed E-state index contributed by atoms with van der Waals surface area (Å²) in [5.74, 6) is 0.689. The predicted molar refractivity (Wildman–Crippen MR) is 78.2 cm³/mol. The van der Waals surface area contributed by atoms with Crippen molar-refractivity contribution in [3.05, 3.63) is 24.3 Å². The summed E-state index contributed by atoms with van der Waals surface area (Å²) in [5.41, 5.74) is 0.583. The second-order valence-electron chi connectivity index (χ2n) is 3.73. The molecule has 1 aromatic carbocycles. The number of rotatable bonds is 4. The third kappa shape index (κ3) is 3.46. The molecule has 0 aromatic heterocycles. The van der Waals surface area contributed by atoms with E-state index in [1.54, 1.807) is 45.5 Å². The molecule has 1 atom stereocenters. The van der Waals surface area contributed by atoms with Gasteiger partial charge in [0, 0.05) is 5.69 Å². The SMILES string of the molecule is COc1ccc(NP(=O)(N(C)C)C(Cl)(Cl)Cl)cc1. The van der Waals surface area contributed by atoms with Crippen LogP contribution >= 0.6 is 42.2 Å². The molecule has 1 rings (SSSR count). The summed E-state index contributed by atoms with van der Waals surface area (Å²) in [4.78, 5) is 0. The highest BCUT2D eigenvalue weighted by Crippen LogP contribution is 2.65. The Morgan fingerprint density at radius 1 is 1.22 bits per heavy atom. The van der Waals surface area contributed by atoms with Crippen molar-refractivity contribution < 1.29 is 9.30 Å². The largest absolute Gasteiger partial charge is 0.497 e. The van der Waals surface area contributed by atoms with Gasteiger partial charge in [-0.1, -0.05) is 34.8 Å². The second-order valence-corrected chi connectivity index (χ2v) is 9.65. The molecule has 4 nitrogen and oxygen atoms in total. The number of nitrogens with zero attached hydrogens (tertiary/aromatic N) is 1. The number of ether oxygens (including phenoxy) is 1. The lowest BCUT2D eigenvalue weighted by molar-refractivity contribution is 0.415. The molecule has 0 fully saturated rings. The van der Waals surface area contributed by atoms with E-state index in [-0.39, 0.29) is 0 Å². The first kappa shape index (κ1) is 15.9. The smallest absolute Gasteiger partial charge is 0.286 e. The van der Waals surface area contributed by atoms with Crippen molar-refractivity contribution in [2.24, 2.45) is 0 Å². The molecule has 0 aliphatic heterocycles. The van der Waals surface area contributed by atoms with Crippen LogP contribution in [0.5, 0.6) is 5.75 Å². The molecule has 0 spiro atoms. The van der Waals surface area contributed by atoms with Crippen molar-refractivity contribution in [1.82, 2.24) is 4.67 Å². The maximum Gasteiger partial charge on any atom is 0.286 e. The van der Waals surface area contributed by atoms with Crippen LogP contribution in [0.2, 0.25) is 0 Å². The van der Waals surface area contributed by atoms with E-state index in [1.807, 2.05) is 0 Å². The van der Waals surface area contributed by atoms with Crippen molar-refractivity contribution in [3.8, 4) is 5.75 Å². The van der Waals surface area contributed by atoms with Crippen LogP contribution in [0.1, 0.15) is 0 Å². The monoisotopic (exact) mass is 330 g/mol. The summed E-state index contributed by atoms with van der Waals surface area (Å²) >= 11 is 17.3. The zero-order valence-corrected chi connectivity index (χ0v) is 13.3. The first-order valence-electron chi connectivity index (χ1n) is 4.97. The summed E-state index contributed by atoms with van der Waals surface area (Å²) in [6, 6.07) is 6.85. The van der Waals surface area contributed by atoms with Gasteiger partial charge in [0.1, 0.15) is 5.75 Å². The lowest BCUT2D eigenvalue weighted by Gasteiger charge is -2.31. The lowest BCUT2D eigenvalue weighted by Crippen LogP contribution is -2.24. The van der Waals surface area contributed by atoms with Gasteiger partial charge in [-0.2, -0.15) is 0 Å². The van der Waals surface area contributed by atoms with Crippen molar-refractivity contribution in [2.75, 3.05) is 26.3 Å². The van der Waals surface area contributed by atoms with E-state index in [1.165, 1.54) is 4.67 Å². The zero-order valence-electron chi connectivity index (χ0n) is 10.2. The molecule has 102 valence electrons. The van der Waals surface area contributed by atoms with Crippen LogP contribution < -0.4 is 9.82 Å². The highest BCUT2D eigenvalue weighted by atomic mass is 35.6. The van der Waals surface area contributed by atoms with E-state index in [9.17, 15) is 4.57 Å². The van der Waals surface area contributed by atoms with Gasteiger partial charge in [-0.25, -0.2) is 4.67 Å². The van der Waals surface area contributed by atoms with E-state index < -0.39 is 11.0 Å². The van der Waals surface area contributed by atoms with E-state index in [0.717, 1.165) is 0 Å². The van der Waals surface area contributed by atoms with Crippen LogP contribution in [0, 0.1) is 0 Å². The first-order chi connectivity index (χ1) is 8.20. The lowest BCUT2D eigenvalue weighted by atomic mass is 10.3. The van der Waals surface area contributed by atoms with Gasteiger partial charge in [0.05, 0.1) is 7.11 Å². The normalized spacial score (nSPS) is 15.3. The molecule has 1 unspecified atom stereocenters. The Morgan fingerprint density at radius 3 is 2.06 bits per heavy atom. The Labute approximate surface area is 122 Å². The van der Waals surface area contributed by atoms with Crippen LogP contribution in [0.15, 0.2) is 24.3 Å². The number of benzene rings is 1. The van der Waals surface area contributed by atoms with E-state index in [2.05, 4.69) is 5.09 Å². The summed E-state index contributed by atoms with van der Waals surface area (Å²) in [6.07, 6.45) is 0. The Bertz CT molecular complexity index is 445. The number of hydrogen-bond acceptors (Lipinski definition) is 2. The summed E-state index contributed by atoms with van der Waals surface area (Å²) in [5, 5.41) is 2.78. The van der Waals surface area contributed by atoms with Gasteiger partial charge in [-0.3, -0.25) is 4.57 Å². The quantitative estimate of drug-likeness (QED) is 0.663. The molecule has 18 heavy (non-hydrogen) atoms. The average molecular weight is 332 g/mol. The Morgan fingerprint density at radius 2 is 1.72 bits per heavy atom. The summed E-state index contributed by atoms with van der Waals surface area (Å²) in [6.45, 7) is 0. The fourth-order valence-electron chi connectivity index (χ4n) is 1.23. The fraction of sp³-hybridized carbons (Fsp3) is 0.400. The molecule has 0 bridgehead atoms. The van der Waals surface area contributed by atoms with Crippen molar-refractivity contribution >= 4 is 47.9 Å². The molecule has 1 N–H and O–H groups in total. The summed E-state index contributed by atoms with van der Waals surface area (Å²) in [7, 11) is 1.35. The minimum atomic E-state index is -3.38. The Balaban J connectivity index is 3.01. The van der Waals surface area contributed by atoms with Crippen molar-refractivity contribution in [2.45, 2.75) is 3.53 Å². The van der Waals surface area contributed by atoms with E-state index in [4.69, 9.17) is 39.5 Å². The van der Waals surface area contributed by atoms with Crippen LogP contribution in [-0.4, -0.2) is 29.4 Å². The van der Waals surface area contributed by atoms with E-state index >= 15 is 0 Å². The first-order valence-corrected chi connectivity index (χ1v) is 7.77. The van der Waals surface area contributed by atoms with Gasteiger partial charge >= 0.3 is 0 Å². The molecule has 0 radical (unpaired) electrons. The Kier molecular flexibility index (Phi) is 5.22. The van der Waals surface area contributed by atoms with Gasteiger partial charge in [0.15, 0.2) is 0 Å². The number of halogens is 3. The third-order valence-electron chi connectivity index (χ3n) is 2.28. The molecule has 0 aliphatic rings. The molecule has 0 saturated heterocycles. The Hall–Kier alpha value is -0.120. The minimum Gasteiger partial charge on any atom is -0.497 e. The van der Waals surface area contributed by atoms with Crippen LogP contribution in [0.25, 0.3) is 0 Å². The van der Waals surface area contributed by atoms with Crippen LogP contribution in [-0.2, 0) is 4.57 Å². The second kappa shape index (κ2) is 5.89. The van der Waals surface area contributed by atoms with Crippen LogP contribution in [0.4, 0.5) is 5.69 Å². The molecule has 0 saturated carbocycles. The molecule has 0 aliphatic carbocycles. The van der Waals surface area contributed by atoms with Gasteiger partial charge in [0.2, 0.25) is 0 Å². The van der Waals surface area contributed by atoms with Gasteiger partial charge < -0.3 is 9.82 Å². The number of nitrogens with one attached hydrogen (secondary N) is 1. The maximum atomic E-state index is 12.6. The molecule has 1 aromatic rings. The van der Waals surface area contributed by atoms with Crippen LogP contribution in [0.3, 0.4) is 0 Å². The fourth-order valence-corrected chi connectivity index (χ4v) is 4.25. The summed E-state index contributed by atoms with van der Waals surface area (Å²) < 4.78 is 17.1. The van der Waals surface area contributed by atoms with Gasteiger partial charge in [-0.05, 0) is 38.4 Å². The third-order valence-corrected chi connectivity index (χ3v) is 6.71. The molecule has 0 amide bonds. The van der Waals surface area contributed by atoms with Crippen molar-refractivity contribution in [1.29, 1.82) is 0 Å². The maximum absolute atomic E-state index is 12.6. The highest BCUT2D eigenvalue weighted by molar-refractivity contribution is 7.70. The van der Waals surface area contributed by atoms with Gasteiger partial charge in [0.25, 0.3) is 11.0 Å². The predicted octanol–water partition coefficient (Wildman–Crippen LogP) is 4.19. The number of anilines is 1. The average Bonchev–Trinajstić information content (AvgIpc) is 2.28. The molecule has 0 heterocycles. The van der Waals surface area contributed by atoms with Gasteiger partial charge in [-0.15, -0.1) is 0 Å². The molecular formula is C10H14Cl3N2O2P. The zero-order chi connectivity index (χ0) is 14.0. The number of hydrogen-bond donors (Lipinski definition) is 1. The molecular weight excluding hydrogens is 317 g/mol. The standard InChI is InChI=1S/C10H14Cl3N2O2P/c1-15(2)18(16,10(11,12)13)14-8-4-6-9(17-3)7-5-8/h4-7H,1-3H3,(H,14,16). The van der Waals surface area contributed by atoms with Crippen molar-refractivity contribution in [3.63, 3.8) is 0 Å². The molecule has 8 heteroatoms.